The van der Waals surface area contributed by atoms with Crippen molar-refractivity contribution in [2.75, 3.05) is 20.1 Å². The summed E-state index contributed by atoms with van der Waals surface area (Å²) in [6.45, 7) is 9.83. The third kappa shape index (κ3) is 5.88. The molecular weight excluding hydrogens is 260 g/mol. The molecule has 0 radical (unpaired) electrons. The molecule has 3 nitrogen and oxygen atoms in total. The molecule has 0 aromatic heterocycles. The van der Waals surface area contributed by atoms with Gasteiger partial charge in [0, 0.05) is 20.0 Å². The maximum Gasteiger partial charge on any atom is 0.222 e. The van der Waals surface area contributed by atoms with E-state index in [0.29, 0.717) is 25.4 Å². The molecular formula is C18H30N2O. The summed E-state index contributed by atoms with van der Waals surface area (Å²) in [6.07, 6.45) is 1.35. The topological polar surface area (TPSA) is 46.3 Å². The first kappa shape index (κ1) is 17.7. The molecule has 0 saturated heterocycles. The Bertz CT molecular complexity index is 449. The second-order valence-corrected chi connectivity index (χ2v) is 7.01. The van der Waals surface area contributed by atoms with E-state index in [2.05, 4.69) is 52.0 Å². The van der Waals surface area contributed by atoms with E-state index in [0.717, 1.165) is 6.42 Å². The van der Waals surface area contributed by atoms with Gasteiger partial charge in [0.15, 0.2) is 0 Å². The van der Waals surface area contributed by atoms with Crippen molar-refractivity contribution < 1.29 is 4.79 Å². The van der Waals surface area contributed by atoms with E-state index < -0.39 is 0 Å². The van der Waals surface area contributed by atoms with Gasteiger partial charge in [-0.3, -0.25) is 4.79 Å². The van der Waals surface area contributed by atoms with Crippen LogP contribution in [0, 0.1) is 5.41 Å². The van der Waals surface area contributed by atoms with Crippen LogP contribution >= 0.6 is 0 Å². The number of nitrogens with two attached hydrogens (primary N) is 1. The summed E-state index contributed by atoms with van der Waals surface area (Å²) < 4.78 is 0. The molecule has 0 atom stereocenters. The highest BCUT2D eigenvalue weighted by Gasteiger charge is 2.20. The lowest BCUT2D eigenvalue weighted by atomic mass is 9.93. The summed E-state index contributed by atoms with van der Waals surface area (Å²) in [5.74, 6) is 0.731. The largest absolute Gasteiger partial charge is 0.345 e. The van der Waals surface area contributed by atoms with Gasteiger partial charge in [0.2, 0.25) is 5.91 Å². The third-order valence-electron chi connectivity index (χ3n) is 3.92. The van der Waals surface area contributed by atoms with Crippen molar-refractivity contribution in [1.29, 1.82) is 0 Å². The van der Waals surface area contributed by atoms with Gasteiger partial charge in [-0.25, -0.2) is 0 Å². The predicted molar refractivity (Wildman–Crippen MR) is 89.3 cm³/mol. The van der Waals surface area contributed by atoms with Crippen LogP contribution in [0.1, 0.15) is 51.2 Å². The standard InChI is InChI=1S/C18H30N2O/c1-14(2)16-9-6-15(7-10-16)8-11-17(21)20(5)13-18(3,4)12-19/h6-7,9-10,14H,8,11-13,19H2,1-5H3. The van der Waals surface area contributed by atoms with E-state index in [1.54, 1.807) is 4.90 Å². The van der Waals surface area contributed by atoms with Crippen LogP contribution in [0.4, 0.5) is 0 Å². The highest BCUT2D eigenvalue weighted by molar-refractivity contribution is 5.76. The smallest absolute Gasteiger partial charge is 0.222 e. The van der Waals surface area contributed by atoms with Gasteiger partial charge in [-0.2, -0.15) is 0 Å². The summed E-state index contributed by atoms with van der Waals surface area (Å²) >= 11 is 0. The fourth-order valence-electron chi connectivity index (χ4n) is 2.31. The van der Waals surface area contributed by atoms with Gasteiger partial charge in [-0.1, -0.05) is 52.0 Å². The SMILES string of the molecule is CC(C)c1ccc(CCC(=O)N(C)CC(C)(C)CN)cc1. The molecule has 0 aliphatic carbocycles. The van der Waals surface area contributed by atoms with E-state index >= 15 is 0 Å². The fourth-order valence-corrected chi connectivity index (χ4v) is 2.31. The fraction of sp³-hybridized carbons (Fsp3) is 0.611. The number of benzene rings is 1. The molecule has 1 aromatic carbocycles. The highest BCUT2D eigenvalue weighted by Crippen LogP contribution is 2.17. The zero-order valence-electron chi connectivity index (χ0n) is 14.1. The molecule has 2 N–H and O–H groups in total. The van der Waals surface area contributed by atoms with Crippen molar-refractivity contribution in [1.82, 2.24) is 4.90 Å². The van der Waals surface area contributed by atoms with E-state index in [1.165, 1.54) is 11.1 Å². The molecule has 0 saturated carbocycles. The number of nitrogens with zero attached hydrogens (tertiary/aromatic N) is 1. The minimum atomic E-state index is -0.0245. The van der Waals surface area contributed by atoms with Crippen molar-refractivity contribution in [3.63, 3.8) is 0 Å². The van der Waals surface area contributed by atoms with Crippen molar-refractivity contribution >= 4 is 5.91 Å². The van der Waals surface area contributed by atoms with Gasteiger partial charge in [0.05, 0.1) is 0 Å². The van der Waals surface area contributed by atoms with Crippen molar-refractivity contribution in [2.45, 2.75) is 46.5 Å². The first-order valence-corrected chi connectivity index (χ1v) is 7.78. The summed E-state index contributed by atoms with van der Waals surface area (Å²) in [5, 5.41) is 0. The lowest BCUT2D eigenvalue weighted by Crippen LogP contribution is -2.39. The second-order valence-electron chi connectivity index (χ2n) is 7.01. The van der Waals surface area contributed by atoms with Crippen LogP contribution in [-0.4, -0.2) is 30.9 Å². The lowest BCUT2D eigenvalue weighted by molar-refractivity contribution is -0.131. The molecule has 118 valence electrons. The van der Waals surface area contributed by atoms with E-state index in [-0.39, 0.29) is 11.3 Å². The monoisotopic (exact) mass is 290 g/mol. The number of hydrogen-bond acceptors (Lipinski definition) is 2. The molecule has 1 amide bonds. The number of carbonyl (C=O) groups is 1. The van der Waals surface area contributed by atoms with Crippen LogP contribution < -0.4 is 5.73 Å². The average Bonchev–Trinajstić information content (AvgIpc) is 2.44. The zero-order valence-corrected chi connectivity index (χ0v) is 14.1. The summed E-state index contributed by atoms with van der Waals surface area (Å²) in [4.78, 5) is 14.0. The first-order chi connectivity index (χ1) is 9.75. The molecule has 0 bridgehead atoms. The van der Waals surface area contributed by atoms with E-state index in [9.17, 15) is 4.79 Å². The molecule has 3 heteroatoms. The Morgan fingerprint density at radius 2 is 1.81 bits per heavy atom. The van der Waals surface area contributed by atoms with Gasteiger partial charge < -0.3 is 10.6 Å². The molecule has 1 rings (SSSR count). The summed E-state index contributed by atoms with van der Waals surface area (Å²) in [5.41, 5.74) is 8.26. The highest BCUT2D eigenvalue weighted by atomic mass is 16.2. The molecule has 21 heavy (non-hydrogen) atoms. The maximum atomic E-state index is 12.2. The molecule has 0 spiro atoms. The molecule has 0 aliphatic rings. The van der Waals surface area contributed by atoms with E-state index in [1.807, 2.05) is 7.05 Å². The predicted octanol–water partition coefficient (Wildman–Crippen LogP) is 3.19. The van der Waals surface area contributed by atoms with Crippen LogP contribution in [0.2, 0.25) is 0 Å². The Labute approximate surface area is 129 Å². The van der Waals surface area contributed by atoms with Gasteiger partial charge in [-0.05, 0) is 35.4 Å². The minimum absolute atomic E-state index is 0.0245. The average molecular weight is 290 g/mol. The number of amides is 1. The van der Waals surface area contributed by atoms with Crippen molar-refractivity contribution in [3.8, 4) is 0 Å². The normalized spacial score (nSPS) is 11.8. The van der Waals surface area contributed by atoms with Crippen molar-refractivity contribution in [3.05, 3.63) is 35.4 Å². The number of hydrogen-bond donors (Lipinski definition) is 1. The molecule has 1 aromatic rings. The first-order valence-electron chi connectivity index (χ1n) is 7.78. The molecule has 0 heterocycles. The van der Waals surface area contributed by atoms with Crippen LogP contribution in [-0.2, 0) is 11.2 Å². The molecule has 0 aliphatic heterocycles. The van der Waals surface area contributed by atoms with Crippen LogP contribution in [0.5, 0.6) is 0 Å². The van der Waals surface area contributed by atoms with Crippen LogP contribution in [0.15, 0.2) is 24.3 Å². The third-order valence-corrected chi connectivity index (χ3v) is 3.92. The summed E-state index contributed by atoms with van der Waals surface area (Å²) in [7, 11) is 1.86. The Hall–Kier alpha value is -1.35. The van der Waals surface area contributed by atoms with Crippen LogP contribution in [0.25, 0.3) is 0 Å². The number of carbonyl (C=O) groups excluding carboxylic acids is 1. The Balaban J connectivity index is 2.49. The quantitative estimate of drug-likeness (QED) is 0.838. The molecule has 0 unspecified atom stereocenters. The maximum absolute atomic E-state index is 12.2. The molecule has 0 fully saturated rings. The van der Waals surface area contributed by atoms with Crippen LogP contribution in [0.3, 0.4) is 0 Å². The lowest BCUT2D eigenvalue weighted by Gasteiger charge is -2.29. The Kier molecular flexibility index (Phi) is 6.41. The summed E-state index contributed by atoms with van der Waals surface area (Å²) in [6, 6.07) is 8.58. The Morgan fingerprint density at radius 3 is 2.29 bits per heavy atom. The van der Waals surface area contributed by atoms with Gasteiger partial charge >= 0.3 is 0 Å². The number of aryl methyl sites for hydroxylation is 1. The van der Waals surface area contributed by atoms with Gasteiger partial charge in [-0.15, -0.1) is 0 Å². The van der Waals surface area contributed by atoms with Crippen molar-refractivity contribution in [2.24, 2.45) is 11.1 Å². The van der Waals surface area contributed by atoms with Gasteiger partial charge in [0.1, 0.15) is 0 Å². The van der Waals surface area contributed by atoms with E-state index in [4.69, 9.17) is 5.73 Å². The number of rotatable bonds is 7. The second kappa shape index (κ2) is 7.60. The Morgan fingerprint density at radius 1 is 1.24 bits per heavy atom. The minimum Gasteiger partial charge on any atom is -0.345 e. The van der Waals surface area contributed by atoms with Gasteiger partial charge in [0.25, 0.3) is 0 Å². The zero-order chi connectivity index (χ0) is 16.0.